The Morgan fingerprint density at radius 3 is 2.16 bits per heavy atom. The molecule has 0 aliphatic carbocycles. The highest BCUT2D eigenvalue weighted by Crippen LogP contribution is 2.15. The van der Waals surface area contributed by atoms with Crippen LogP contribution in [0.1, 0.15) is 47.5 Å². The van der Waals surface area contributed by atoms with Gasteiger partial charge in [0.25, 0.3) is 0 Å². The van der Waals surface area contributed by atoms with Gasteiger partial charge in [0.15, 0.2) is 0 Å². The second-order valence-electron chi connectivity index (χ2n) is 4.65. The maximum Gasteiger partial charge on any atom is 0.324 e. The third-order valence-electron chi connectivity index (χ3n) is 2.35. The topological polar surface area (TPSA) is 69.2 Å². The molecule has 1 rings (SSSR count). The summed E-state index contributed by atoms with van der Waals surface area (Å²) in [7, 11) is 0. The molecule has 19 heavy (non-hydrogen) atoms. The summed E-state index contributed by atoms with van der Waals surface area (Å²) in [6, 6.07) is 0.598. The molecule has 1 aromatic heterocycles. The SMILES string of the molecule is CCCNc1nc(OC(C)C)nc(OC(C)CC)n1. The molecule has 0 fully saturated rings. The lowest BCUT2D eigenvalue weighted by atomic mass is 10.3. The Balaban J connectivity index is 2.87. The van der Waals surface area contributed by atoms with Crippen LogP contribution >= 0.6 is 0 Å². The van der Waals surface area contributed by atoms with Crippen LogP contribution < -0.4 is 14.8 Å². The van der Waals surface area contributed by atoms with E-state index in [-0.39, 0.29) is 12.2 Å². The van der Waals surface area contributed by atoms with Crippen molar-refractivity contribution in [2.24, 2.45) is 0 Å². The normalized spacial score (nSPS) is 12.3. The molecule has 6 nitrogen and oxygen atoms in total. The molecule has 1 aromatic rings. The van der Waals surface area contributed by atoms with Crippen LogP contribution in [0.15, 0.2) is 0 Å². The van der Waals surface area contributed by atoms with Crippen molar-refractivity contribution in [2.75, 3.05) is 11.9 Å². The summed E-state index contributed by atoms with van der Waals surface area (Å²) in [4.78, 5) is 12.6. The van der Waals surface area contributed by atoms with Gasteiger partial charge in [-0.2, -0.15) is 9.97 Å². The van der Waals surface area contributed by atoms with Crippen LogP contribution in [0.25, 0.3) is 0 Å². The van der Waals surface area contributed by atoms with Crippen LogP contribution in [0.3, 0.4) is 0 Å². The lowest BCUT2D eigenvalue weighted by Gasteiger charge is -2.14. The van der Waals surface area contributed by atoms with Crippen molar-refractivity contribution in [3.8, 4) is 12.0 Å². The zero-order valence-corrected chi connectivity index (χ0v) is 12.4. The number of nitrogens with one attached hydrogen (secondary N) is 1. The quantitative estimate of drug-likeness (QED) is 0.781. The number of hydrogen-bond donors (Lipinski definition) is 1. The molecule has 1 heterocycles. The molecule has 0 aliphatic rings. The lowest BCUT2D eigenvalue weighted by Crippen LogP contribution is -2.16. The van der Waals surface area contributed by atoms with Crippen LogP contribution in [0.2, 0.25) is 0 Å². The fraction of sp³-hybridized carbons (Fsp3) is 0.769. The molecule has 1 unspecified atom stereocenters. The second kappa shape index (κ2) is 7.76. The molecule has 108 valence electrons. The van der Waals surface area contributed by atoms with Crippen LogP contribution in [0, 0.1) is 0 Å². The van der Waals surface area contributed by atoms with Gasteiger partial charge in [-0.1, -0.05) is 13.8 Å². The predicted octanol–water partition coefficient (Wildman–Crippen LogP) is 2.66. The van der Waals surface area contributed by atoms with E-state index in [1.54, 1.807) is 0 Å². The minimum atomic E-state index is 0.0119. The predicted molar refractivity (Wildman–Crippen MR) is 74.8 cm³/mol. The van der Waals surface area contributed by atoms with Gasteiger partial charge in [0.05, 0.1) is 12.2 Å². The van der Waals surface area contributed by atoms with E-state index < -0.39 is 0 Å². The van der Waals surface area contributed by atoms with E-state index in [9.17, 15) is 0 Å². The van der Waals surface area contributed by atoms with Crippen molar-refractivity contribution in [1.29, 1.82) is 0 Å². The highest BCUT2D eigenvalue weighted by atomic mass is 16.5. The fourth-order valence-electron chi connectivity index (χ4n) is 1.23. The van der Waals surface area contributed by atoms with Gasteiger partial charge in [-0.25, -0.2) is 0 Å². The first kappa shape index (κ1) is 15.5. The summed E-state index contributed by atoms with van der Waals surface area (Å²) in [5.74, 6) is 0.491. The summed E-state index contributed by atoms with van der Waals surface area (Å²) >= 11 is 0. The first-order valence-corrected chi connectivity index (χ1v) is 6.88. The van der Waals surface area contributed by atoms with Crippen molar-refractivity contribution in [3.63, 3.8) is 0 Å². The molecular weight excluding hydrogens is 244 g/mol. The van der Waals surface area contributed by atoms with Crippen molar-refractivity contribution in [2.45, 2.75) is 59.7 Å². The van der Waals surface area contributed by atoms with Gasteiger partial charge in [0, 0.05) is 6.54 Å². The van der Waals surface area contributed by atoms with Gasteiger partial charge in [-0.15, -0.1) is 4.98 Å². The first-order chi connectivity index (χ1) is 9.05. The summed E-state index contributed by atoms with van der Waals surface area (Å²) in [6.45, 7) is 10.8. The Kier molecular flexibility index (Phi) is 6.32. The van der Waals surface area contributed by atoms with E-state index in [0.717, 1.165) is 19.4 Å². The molecule has 0 radical (unpaired) electrons. The standard InChI is InChI=1S/C13H24N4O2/c1-6-8-14-11-15-12(18-9(3)4)17-13(16-11)19-10(5)7-2/h9-10H,6-8H2,1-5H3,(H,14,15,16,17). The summed E-state index contributed by atoms with van der Waals surface area (Å²) < 4.78 is 11.1. The van der Waals surface area contributed by atoms with Crippen LogP contribution in [0.4, 0.5) is 5.95 Å². The molecule has 0 aromatic carbocycles. The number of anilines is 1. The van der Waals surface area contributed by atoms with E-state index in [0.29, 0.717) is 18.0 Å². The Morgan fingerprint density at radius 1 is 1.00 bits per heavy atom. The van der Waals surface area contributed by atoms with Crippen LogP contribution in [-0.4, -0.2) is 33.7 Å². The summed E-state index contributed by atoms with van der Waals surface area (Å²) in [6.07, 6.45) is 1.96. The fourth-order valence-corrected chi connectivity index (χ4v) is 1.23. The minimum Gasteiger partial charge on any atom is -0.461 e. The number of nitrogens with zero attached hydrogens (tertiary/aromatic N) is 3. The Labute approximate surface area is 115 Å². The highest BCUT2D eigenvalue weighted by molar-refractivity contribution is 5.27. The van der Waals surface area contributed by atoms with Crippen molar-refractivity contribution < 1.29 is 9.47 Å². The van der Waals surface area contributed by atoms with Gasteiger partial charge >= 0.3 is 12.0 Å². The first-order valence-electron chi connectivity index (χ1n) is 6.88. The van der Waals surface area contributed by atoms with E-state index >= 15 is 0 Å². The van der Waals surface area contributed by atoms with E-state index in [1.807, 2.05) is 27.7 Å². The molecule has 0 saturated heterocycles. The Hall–Kier alpha value is -1.59. The third kappa shape index (κ3) is 5.72. The van der Waals surface area contributed by atoms with Crippen molar-refractivity contribution in [3.05, 3.63) is 0 Å². The highest BCUT2D eigenvalue weighted by Gasteiger charge is 2.11. The van der Waals surface area contributed by atoms with Gasteiger partial charge < -0.3 is 14.8 Å². The minimum absolute atomic E-state index is 0.0119. The zero-order valence-electron chi connectivity index (χ0n) is 12.4. The van der Waals surface area contributed by atoms with Gasteiger partial charge in [-0.3, -0.25) is 0 Å². The van der Waals surface area contributed by atoms with Crippen LogP contribution in [0.5, 0.6) is 12.0 Å². The van der Waals surface area contributed by atoms with Gasteiger partial charge in [0.2, 0.25) is 5.95 Å². The molecule has 0 bridgehead atoms. The second-order valence-corrected chi connectivity index (χ2v) is 4.65. The molecule has 1 N–H and O–H groups in total. The molecule has 0 amide bonds. The smallest absolute Gasteiger partial charge is 0.324 e. The largest absolute Gasteiger partial charge is 0.461 e. The number of aromatic nitrogens is 3. The number of ether oxygens (including phenoxy) is 2. The number of hydrogen-bond acceptors (Lipinski definition) is 6. The zero-order chi connectivity index (χ0) is 14.3. The molecule has 0 spiro atoms. The number of rotatable bonds is 8. The van der Waals surface area contributed by atoms with E-state index in [2.05, 4.69) is 27.2 Å². The maximum absolute atomic E-state index is 5.62. The van der Waals surface area contributed by atoms with Gasteiger partial charge in [0.1, 0.15) is 0 Å². The summed E-state index contributed by atoms with van der Waals surface area (Å²) in [5.41, 5.74) is 0. The molecule has 0 saturated carbocycles. The Bertz CT molecular complexity index is 385. The van der Waals surface area contributed by atoms with Crippen molar-refractivity contribution in [1.82, 2.24) is 15.0 Å². The Morgan fingerprint density at radius 2 is 1.63 bits per heavy atom. The maximum atomic E-state index is 5.62. The molecular formula is C13H24N4O2. The third-order valence-corrected chi connectivity index (χ3v) is 2.35. The lowest BCUT2D eigenvalue weighted by molar-refractivity contribution is 0.184. The molecule has 6 heteroatoms. The monoisotopic (exact) mass is 268 g/mol. The average Bonchev–Trinajstić information content (AvgIpc) is 2.35. The average molecular weight is 268 g/mol. The van der Waals surface area contributed by atoms with E-state index in [4.69, 9.17) is 9.47 Å². The van der Waals surface area contributed by atoms with Gasteiger partial charge in [-0.05, 0) is 33.6 Å². The van der Waals surface area contributed by atoms with Crippen molar-refractivity contribution >= 4 is 5.95 Å². The summed E-state index contributed by atoms with van der Waals surface area (Å²) in [5, 5.41) is 3.12. The van der Waals surface area contributed by atoms with E-state index in [1.165, 1.54) is 0 Å². The molecule has 1 atom stereocenters. The molecule has 0 aliphatic heterocycles. The van der Waals surface area contributed by atoms with Crippen LogP contribution in [-0.2, 0) is 0 Å².